The lowest BCUT2D eigenvalue weighted by Gasteiger charge is -2.04. The van der Waals surface area contributed by atoms with E-state index in [9.17, 15) is 4.79 Å². The van der Waals surface area contributed by atoms with Gasteiger partial charge in [0.05, 0.1) is 0 Å². The number of aliphatic carboxylic acids is 1. The molecule has 1 aromatic rings. The van der Waals surface area contributed by atoms with Crippen LogP contribution in [-0.4, -0.2) is 11.1 Å². The maximum absolute atomic E-state index is 10.9. The van der Waals surface area contributed by atoms with Crippen molar-refractivity contribution in [3.8, 4) is 0 Å². The number of hydrogen-bond donors (Lipinski definition) is 1. The SMILES string of the molecule is CCCCC=C(C=C(C)C(=O)O)c1ccccc1. The smallest absolute Gasteiger partial charge is 0.331 e. The molecule has 1 rings (SSSR count). The van der Waals surface area contributed by atoms with E-state index < -0.39 is 5.97 Å². The van der Waals surface area contributed by atoms with Crippen LogP contribution in [0.25, 0.3) is 5.57 Å². The Bertz CT molecular complexity index is 441. The summed E-state index contributed by atoms with van der Waals surface area (Å²) in [6.07, 6.45) is 7.10. The van der Waals surface area contributed by atoms with Gasteiger partial charge in [-0.05, 0) is 30.6 Å². The fraction of sp³-hybridized carbons (Fsp3) is 0.312. The lowest BCUT2D eigenvalue weighted by Crippen LogP contribution is -1.96. The van der Waals surface area contributed by atoms with Crippen LogP contribution < -0.4 is 0 Å². The quantitative estimate of drug-likeness (QED) is 0.460. The highest BCUT2D eigenvalue weighted by Crippen LogP contribution is 2.19. The van der Waals surface area contributed by atoms with Gasteiger partial charge in [-0.2, -0.15) is 0 Å². The Morgan fingerprint density at radius 1 is 1.28 bits per heavy atom. The lowest BCUT2D eigenvalue weighted by atomic mass is 10.0. The number of allylic oxidation sites excluding steroid dienone is 3. The van der Waals surface area contributed by atoms with Gasteiger partial charge >= 0.3 is 5.97 Å². The normalized spacial score (nSPS) is 12.6. The molecule has 0 amide bonds. The van der Waals surface area contributed by atoms with E-state index in [1.54, 1.807) is 13.0 Å². The number of hydrogen-bond acceptors (Lipinski definition) is 1. The molecule has 0 fully saturated rings. The molecule has 0 aliphatic rings. The summed E-state index contributed by atoms with van der Waals surface area (Å²) >= 11 is 0. The molecular weight excluding hydrogens is 224 g/mol. The molecule has 0 heterocycles. The highest BCUT2D eigenvalue weighted by Gasteiger charge is 2.03. The second-order valence-electron chi connectivity index (χ2n) is 4.30. The van der Waals surface area contributed by atoms with Gasteiger partial charge in [-0.15, -0.1) is 0 Å². The van der Waals surface area contributed by atoms with Gasteiger partial charge in [0, 0.05) is 5.57 Å². The number of carbonyl (C=O) groups is 1. The largest absolute Gasteiger partial charge is 0.478 e. The molecule has 0 aliphatic carbocycles. The summed E-state index contributed by atoms with van der Waals surface area (Å²) in [6.45, 7) is 3.77. The summed E-state index contributed by atoms with van der Waals surface area (Å²) in [5.74, 6) is -0.868. The summed E-state index contributed by atoms with van der Waals surface area (Å²) in [4.78, 5) is 10.9. The third-order valence-electron chi connectivity index (χ3n) is 2.74. The van der Waals surface area contributed by atoms with E-state index in [1.807, 2.05) is 30.3 Å². The number of carboxylic acids is 1. The Morgan fingerprint density at radius 2 is 1.94 bits per heavy atom. The first-order valence-corrected chi connectivity index (χ1v) is 6.32. The van der Waals surface area contributed by atoms with Crippen LogP contribution in [0.1, 0.15) is 38.7 Å². The topological polar surface area (TPSA) is 37.3 Å². The van der Waals surface area contributed by atoms with E-state index >= 15 is 0 Å². The van der Waals surface area contributed by atoms with Crippen molar-refractivity contribution in [2.75, 3.05) is 0 Å². The molecule has 2 heteroatoms. The Balaban J connectivity index is 3.00. The molecule has 0 bridgehead atoms. The molecule has 1 N–H and O–H groups in total. The third kappa shape index (κ3) is 4.58. The average molecular weight is 244 g/mol. The van der Waals surface area contributed by atoms with Gasteiger partial charge in [-0.25, -0.2) is 4.79 Å². The van der Waals surface area contributed by atoms with Crippen LogP contribution in [0.15, 0.2) is 48.1 Å². The zero-order valence-corrected chi connectivity index (χ0v) is 11.0. The van der Waals surface area contributed by atoms with Gasteiger partial charge in [0.15, 0.2) is 0 Å². The maximum Gasteiger partial charge on any atom is 0.331 e. The average Bonchev–Trinajstić information content (AvgIpc) is 2.38. The zero-order chi connectivity index (χ0) is 13.4. The van der Waals surface area contributed by atoms with Gasteiger partial charge in [0.2, 0.25) is 0 Å². The molecular formula is C16H20O2. The van der Waals surface area contributed by atoms with Crippen molar-refractivity contribution >= 4 is 11.5 Å². The molecule has 0 saturated carbocycles. The van der Waals surface area contributed by atoms with Crippen LogP contribution in [-0.2, 0) is 4.79 Å². The molecule has 0 radical (unpaired) electrons. The van der Waals surface area contributed by atoms with E-state index in [0.29, 0.717) is 5.57 Å². The van der Waals surface area contributed by atoms with Crippen molar-refractivity contribution in [2.45, 2.75) is 33.1 Å². The Hall–Kier alpha value is -1.83. The van der Waals surface area contributed by atoms with Crippen molar-refractivity contribution in [1.82, 2.24) is 0 Å². The molecule has 0 saturated heterocycles. The molecule has 96 valence electrons. The Labute approximate surface area is 109 Å². The molecule has 0 atom stereocenters. The van der Waals surface area contributed by atoms with Crippen molar-refractivity contribution in [3.05, 3.63) is 53.6 Å². The molecule has 0 aromatic heterocycles. The lowest BCUT2D eigenvalue weighted by molar-refractivity contribution is -0.132. The second-order valence-corrected chi connectivity index (χ2v) is 4.30. The Morgan fingerprint density at radius 3 is 2.50 bits per heavy atom. The predicted molar refractivity (Wildman–Crippen MR) is 75.3 cm³/mol. The van der Waals surface area contributed by atoms with Crippen molar-refractivity contribution in [1.29, 1.82) is 0 Å². The molecule has 0 spiro atoms. The number of unbranched alkanes of at least 4 members (excludes halogenated alkanes) is 2. The zero-order valence-electron chi connectivity index (χ0n) is 11.0. The first-order chi connectivity index (χ1) is 8.65. The first kappa shape index (κ1) is 14.2. The summed E-state index contributed by atoms with van der Waals surface area (Å²) in [5, 5.41) is 8.95. The summed E-state index contributed by atoms with van der Waals surface area (Å²) in [7, 11) is 0. The maximum atomic E-state index is 10.9. The van der Waals surface area contributed by atoms with E-state index in [1.165, 1.54) is 0 Å². The fourth-order valence-corrected chi connectivity index (χ4v) is 1.65. The van der Waals surface area contributed by atoms with Crippen LogP contribution >= 0.6 is 0 Å². The monoisotopic (exact) mass is 244 g/mol. The number of carboxylic acid groups (broad SMARTS) is 1. The summed E-state index contributed by atoms with van der Waals surface area (Å²) in [6, 6.07) is 9.90. The number of rotatable bonds is 6. The van der Waals surface area contributed by atoms with Crippen LogP contribution in [0.4, 0.5) is 0 Å². The molecule has 0 unspecified atom stereocenters. The fourth-order valence-electron chi connectivity index (χ4n) is 1.65. The Kier molecular flexibility index (Phi) is 5.92. The third-order valence-corrected chi connectivity index (χ3v) is 2.74. The molecule has 1 aromatic carbocycles. The summed E-state index contributed by atoms with van der Waals surface area (Å²) < 4.78 is 0. The molecule has 0 aliphatic heterocycles. The van der Waals surface area contributed by atoms with Gasteiger partial charge in [-0.3, -0.25) is 0 Å². The van der Waals surface area contributed by atoms with Crippen LogP contribution in [0, 0.1) is 0 Å². The standard InChI is InChI=1S/C16H20O2/c1-3-4-6-11-15(12-13(2)16(17)18)14-9-7-5-8-10-14/h5,7-12H,3-4,6H2,1-2H3,(H,17,18). The van der Waals surface area contributed by atoms with Crippen molar-refractivity contribution in [2.24, 2.45) is 0 Å². The minimum Gasteiger partial charge on any atom is -0.478 e. The van der Waals surface area contributed by atoms with Crippen LogP contribution in [0.2, 0.25) is 0 Å². The molecule has 2 nitrogen and oxygen atoms in total. The van der Waals surface area contributed by atoms with Gasteiger partial charge in [0.25, 0.3) is 0 Å². The minimum atomic E-state index is -0.868. The second kappa shape index (κ2) is 7.49. The van der Waals surface area contributed by atoms with E-state index in [2.05, 4.69) is 13.0 Å². The van der Waals surface area contributed by atoms with Gasteiger partial charge < -0.3 is 5.11 Å². The highest BCUT2D eigenvalue weighted by atomic mass is 16.4. The predicted octanol–water partition coefficient (Wildman–Crippen LogP) is 4.29. The number of benzene rings is 1. The van der Waals surface area contributed by atoms with E-state index in [4.69, 9.17) is 5.11 Å². The van der Waals surface area contributed by atoms with Gasteiger partial charge in [-0.1, -0.05) is 56.2 Å². The van der Waals surface area contributed by atoms with Crippen molar-refractivity contribution in [3.63, 3.8) is 0 Å². The van der Waals surface area contributed by atoms with Crippen LogP contribution in [0.5, 0.6) is 0 Å². The van der Waals surface area contributed by atoms with Crippen LogP contribution in [0.3, 0.4) is 0 Å². The van der Waals surface area contributed by atoms with Gasteiger partial charge in [0.1, 0.15) is 0 Å². The summed E-state index contributed by atoms with van der Waals surface area (Å²) in [5.41, 5.74) is 2.42. The first-order valence-electron chi connectivity index (χ1n) is 6.32. The van der Waals surface area contributed by atoms with E-state index in [-0.39, 0.29) is 0 Å². The minimum absolute atomic E-state index is 0.363. The highest BCUT2D eigenvalue weighted by molar-refractivity contribution is 5.90. The van der Waals surface area contributed by atoms with Crippen molar-refractivity contribution < 1.29 is 9.90 Å². The van der Waals surface area contributed by atoms with E-state index in [0.717, 1.165) is 30.4 Å². The molecule has 18 heavy (non-hydrogen) atoms.